The lowest BCUT2D eigenvalue weighted by Crippen LogP contribution is -2.36. The molecule has 2 aromatic carbocycles. The third kappa shape index (κ3) is 9.55. The lowest BCUT2D eigenvalue weighted by Gasteiger charge is -2.24. The normalized spacial score (nSPS) is 14.9. The molecule has 0 spiro atoms. The minimum absolute atomic E-state index is 0.298. The average molecular weight is 688 g/mol. The minimum Gasteiger partial charge on any atom is -0.375 e. The molecule has 6 N–H and O–H groups in total. The van der Waals surface area contributed by atoms with Crippen LogP contribution >= 0.6 is 45.9 Å². The van der Waals surface area contributed by atoms with Crippen LogP contribution in [0.15, 0.2) is 60.9 Å². The molecule has 0 fully saturated rings. The van der Waals surface area contributed by atoms with Gasteiger partial charge < -0.3 is 11.5 Å². The zero-order chi connectivity index (χ0) is 31.2. The molecule has 0 aliphatic rings. The Morgan fingerprint density at radius 2 is 1.02 bits per heavy atom. The van der Waals surface area contributed by atoms with Gasteiger partial charge in [0.1, 0.15) is 0 Å². The molecular weight excluding hydrogens is 652 g/mol. The van der Waals surface area contributed by atoms with E-state index in [1.807, 2.05) is 90.1 Å². The first-order chi connectivity index (χ1) is 19.6. The van der Waals surface area contributed by atoms with Crippen LogP contribution in [-0.4, -0.2) is 27.9 Å². The summed E-state index contributed by atoms with van der Waals surface area (Å²) in [5.41, 5.74) is 13.2. The van der Waals surface area contributed by atoms with Gasteiger partial charge in [-0.3, -0.25) is 0 Å². The predicted octanol–water partition coefficient (Wildman–Crippen LogP) is 7.04. The van der Waals surface area contributed by atoms with Crippen LogP contribution in [0.25, 0.3) is 0 Å². The van der Waals surface area contributed by atoms with Gasteiger partial charge in [-0.15, -0.1) is 22.7 Å². The summed E-state index contributed by atoms with van der Waals surface area (Å²) in [6, 6.07) is 14.4. The third-order valence-corrected chi connectivity index (χ3v) is 11.2. The van der Waals surface area contributed by atoms with Gasteiger partial charge in [0.2, 0.25) is 0 Å². The summed E-state index contributed by atoms with van der Waals surface area (Å²) in [7, 11) is -2.48. The summed E-state index contributed by atoms with van der Waals surface area (Å²) >= 11 is 15.3. The molecule has 2 aromatic heterocycles. The zero-order valence-electron chi connectivity index (χ0n) is 24.2. The molecule has 228 valence electrons. The van der Waals surface area contributed by atoms with Gasteiger partial charge in [-0.05, 0) is 64.8 Å². The van der Waals surface area contributed by atoms with Crippen molar-refractivity contribution in [3.63, 3.8) is 0 Å². The van der Waals surface area contributed by atoms with Crippen LogP contribution in [0.2, 0.25) is 10.0 Å². The fourth-order valence-electron chi connectivity index (χ4n) is 3.40. The molecule has 0 bridgehead atoms. The van der Waals surface area contributed by atoms with Crippen molar-refractivity contribution in [2.75, 3.05) is 11.5 Å². The number of thiazole rings is 2. The lowest BCUT2D eigenvalue weighted by molar-refractivity contribution is 0.624. The standard InChI is InChI=1S/2C14H18ClN3OS2/c2*1-14(2,3)21(19)18-12(11-8-17-13(16)20-11)9-6-4-5-7-10(9)15/h2*4-8,12,18H,1-3H3,(H2,16,17)/t12-,21+;12-,21-/m01/s1. The lowest BCUT2D eigenvalue weighted by atomic mass is 10.1. The van der Waals surface area contributed by atoms with E-state index < -0.39 is 22.0 Å². The number of nitrogens with one attached hydrogen (secondary N) is 2. The van der Waals surface area contributed by atoms with Crippen LogP contribution in [0.1, 0.15) is 74.5 Å². The highest BCUT2D eigenvalue weighted by atomic mass is 35.5. The van der Waals surface area contributed by atoms with Crippen LogP contribution in [0.4, 0.5) is 10.3 Å². The van der Waals surface area contributed by atoms with Gasteiger partial charge >= 0.3 is 0 Å². The Morgan fingerprint density at radius 1 is 0.690 bits per heavy atom. The van der Waals surface area contributed by atoms with Crippen molar-refractivity contribution in [3.8, 4) is 0 Å². The smallest absolute Gasteiger partial charge is 0.180 e. The molecule has 0 aliphatic heterocycles. The minimum atomic E-state index is -1.24. The summed E-state index contributed by atoms with van der Waals surface area (Å²) in [4.78, 5) is 9.93. The SMILES string of the molecule is CC(C)(C)[S@@](=O)N[C@@H](c1cnc(N)s1)c1ccccc1Cl.CC(C)(C)[S@@](=O)N[C@H](c1cnc(N)s1)c1ccccc1Cl. The van der Waals surface area contributed by atoms with Gasteiger partial charge in [-0.1, -0.05) is 59.6 Å². The Bertz CT molecular complexity index is 1420. The number of nitrogen functional groups attached to an aromatic ring is 2. The van der Waals surface area contributed by atoms with Crippen molar-refractivity contribution in [1.29, 1.82) is 0 Å². The maximum absolute atomic E-state index is 12.4. The molecule has 0 unspecified atom stereocenters. The number of nitrogens with zero attached hydrogens (tertiary/aromatic N) is 2. The molecule has 4 aromatic rings. The fourth-order valence-corrected chi connectivity index (χ4v) is 7.20. The maximum Gasteiger partial charge on any atom is 0.180 e. The first-order valence-electron chi connectivity index (χ1n) is 12.8. The Hall–Kier alpha value is -1.90. The van der Waals surface area contributed by atoms with E-state index in [0.29, 0.717) is 20.3 Å². The summed E-state index contributed by atoms with van der Waals surface area (Å²) in [5, 5.41) is 2.19. The molecule has 0 saturated heterocycles. The van der Waals surface area contributed by atoms with Crippen LogP contribution in [0.5, 0.6) is 0 Å². The maximum atomic E-state index is 12.4. The molecule has 42 heavy (non-hydrogen) atoms. The number of benzene rings is 2. The zero-order valence-corrected chi connectivity index (χ0v) is 29.0. The summed E-state index contributed by atoms with van der Waals surface area (Å²) in [6.07, 6.45) is 3.39. The summed E-state index contributed by atoms with van der Waals surface area (Å²) in [5.74, 6) is 0. The fraction of sp³-hybridized carbons (Fsp3) is 0.357. The molecule has 14 heteroatoms. The van der Waals surface area contributed by atoms with E-state index >= 15 is 0 Å². The first kappa shape index (κ1) is 34.6. The van der Waals surface area contributed by atoms with Crippen molar-refractivity contribution in [3.05, 3.63) is 91.9 Å². The topological polar surface area (TPSA) is 136 Å². The van der Waals surface area contributed by atoms with Gasteiger partial charge in [-0.25, -0.2) is 27.8 Å². The molecule has 0 radical (unpaired) electrons. The van der Waals surface area contributed by atoms with Crippen molar-refractivity contribution >= 4 is 78.1 Å². The van der Waals surface area contributed by atoms with Crippen molar-refractivity contribution in [1.82, 2.24) is 19.4 Å². The Balaban J connectivity index is 0.000000230. The van der Waals surface area contributed by atoms with Crippen molar-refractivity contribution < 1.29 is 8.42 Å². The van der Waals surface area contributed by atoms with Gasteiger partial charge in [0.15, 0.2) is 10.3 Å². The van der Waals surface area contributed by atoms with E-state index in [1.54, 1.807) is 12.4 Å². The molecule has 4 rings (SSSR count). The highest BCUT2D eigenvalue weighted by Crippen LogP contribution is 2.34. The van der Waals surface area contributed by atoms with E-state index in [9.17, 15) is 8.42 Å². The van der Waals surface area contributed by atoms with E-state index in [-0.39, 0.29) is 21.6 Å². The van der Waals surface area contributed by atoms with Crippen molar-refractivity contribution in [2.24, 2.45) is 0 Å². The molecule has 4 atom stereocenters. The highest BCUT2D eigenvalue weighted by molar-refractivity contribution is 7.84. The Kier molecular flexibility index (Phi) is 12.1. The van der Waals surface area contributed by atoms with Crippen molar-refractivity contribution in [2.45, 2.75) is 63.1 Å². The second-order valence-corrected chi connectivity index (χ2v) is 18.1. The number of anilines is 2. The highest BCUT2D eigenvalue weighted by Gasteiger charge is 2.28. The third-order valence-electron chi connectivity index (χ3n) is 5.65. The van der Waals surface area contributed by atoms with Gasteiger partial charge in [-0.2, -0.15) is 0 Å². The Labute approximate surface area is 270 Å². The van der Waals surface area contributed by atoms with E-state index in [2.05, 4.69) is 19.4 Å². The molecule has 8 nitrogen and oxygen atoms in total. The van der Waals surface area contributed by atoms with Gasteiger partial charge in [0, 0.05) is 32.2 Å². The van der Waals surface area contributed by atoms with Gasteiger partial charge in [0.05, 0.1) is 43.5 Å². The van der Waals surface area contributed by atoms with E-state index in [0.717, 1.165) is 20.9 Å². The van der Waals surface area contributed by atoms with Crippen LogP contribution < -0.4 is 20.9 Å². The van der Waals surface area contributed by atoms with Crippen LogP contribution in [0.3, 0.4) is 0 Å². The number of hydrogen-bond donors (Lipinski definition) is 4. The predicted molar refractivity (Wildman–Crippen MR) is 182 cm³/mol. The largest absolute Gasteiger partial charge is 0.375 e. The monoisotopic (exact) mass is 686 g/mol. The second kappa shape index (κ2) is 14.7. The molecule has 0 amide bonds. The number of hydrogen-bond acceptors (Lipinski definition) is 8. The van der Waals surface area contributed by atoms with Crippen LogP contribution in [-0.2, 0) is 22.0 Å². The molecule has 0 aliphatic carbocycles. The van der Waals surface area contributed by atoms with Gasteiger partial charge in [0.25, 0.3) is 0 Å². The summed E-state index contributed by atoms with van der Waals surface area (Å²) < 4.78 is 30.4. The molecule has 2 heterocycles. The Morgan fingerprint density at radius 3 is 1.29 bits per heavy atom. The number of rotatable bonds is 8. The quantitative estimate of drug-likeness (QED) is 0.157. The second-order valence-electron chi connectivity index (χ2n) is 11.1. The molecule has 0 saturated carbocycles. The number of aromatic nitrogens is 2. The average Bonchev–Trinajstić information content (AvgIpc) is 3.54. The number of nitrogens with two attached hydrogens (primary N) is 2. The first-order valence-corrected chi connectivity index (χ1v) is 17.5. The summed E-state index contributed by atoms with van der Waals surface area (Å²) in [6.45, 7) is 11.5. The van der Waals surface area contributed by atoms with E-state index in [4.69, 9.17) is 34.7 Å². The van der Waals surface area contributed by atoms with E-state index in [1.165, 1.54) is 22.7 Å². The van der Waals surface area contributed by atoms with Crippen LogP contribution in [0, 0.1) is 0 Å². The molecular formula is C28H36Cl2N6O2S4. The number of halogens is 2.